The summed E-state index contributed by atoms with van der Waals surface area (Å²) in [6, 6.07) is 14.4. The van der Waals surface area contributed by atoms with E-state index in [-0.39, 0.29) is 23.8 Å². The first-order chi connectivity index (χ1) is 12.9. The third-order valence-corrected chi connectivity index (χ3v) is 5.24. The molecular formula is C22H24ClFN2O. The van der Waals surface area contributed by atoms with Crippen molar-refractivity contribution < 1.29 is 9.18 Å². The highest BCUT2D eigenvalue weighted by Gasteiger charge is 2.30. The van der Waals surface area contributed by atoms with Crippen LogP contribution >= 0.6 is 11.6 Å². The molecule has 0 unspecified atom stereocenters. The topological polar surface area (TPSA) is 23.6 Å². The highest BCUT2D eigenvalue weighted by atomic mass is 35.5. The molecule has 0 spiro atoms. The molecule has 1 amide bonds. The van der Waals surface area contributed by atoms with E-state index >= 15 is 0 Å². The molecule has 0 saturated carbocycles. The SMILES string of the molecule is C[C@@H]1CN(C(=O)/C=C\c2ccc(Cl)cc2)[C@@H](C)CN1Cc1ccc(F)cc1. The molecule has 1 aliphatic rings. The van der Waals surface area contributed by atoms with Gasteiger partial charge in [0.15, 0.2) is 0 Å². The first-order valence-electron chi connectivity index (χ1n) is 9.15. The fourth-order valence-corrected chi connectivity index (χ4v) is 3.51. The van der Waals surface area contributed by atoms with Crippen LogP contribution in [0.2, 0.25) is 5.02 Å². The van der Waals surface area contributed by atoms with E-state index in [1.165, 1.54) is 12.1 Å². The number of benzene rings is 2. The lowest BCUT2D eigenvalue weighted by Gasteiger charge is -2.44. The van der Waals surface area contributed by atoms with Gasteiger partial charge in [0.05, 0.1) is 0 Å². The predicted octanol–water partition coefficient (Wildman–Crippen LogP) is 4.61. The molecule has 0 bridgehead atoms. The fraction of sp³-hybridized carbons (Fsp3) is 0.318. The van der Waals surface area contributed by atoms with Gasteiger partial charge in [-0.3, -0.25) is 9.69 Å². The lowest BCUT2D eigenvalue weighted by atomic mass is 10.1. The molecule has 1 aliphatic heterocycles. The van der Waals surface area contributed by atoms with Crippen molar-refractivity contribution in [2.75, 3.05) is 13.1 Å². The van der Waals surface area contributed by atoms with Gasteiger partial charge < -0.3 is 4.90 Å². The summed E-state index contributed by atoms with van der Waals surface area (Å²) in [5.41, 5.74) is 2.03. The summed E-state index contributed by atoms with van der Waals surface area (Å²) in [4.78, 5) is 16.9. The zero-order chi connectivity index (χ0) is 19.4. The van der Waals surface area contributed by atoms with E-state index in [0.717, 1.165) is 24.2 Å². The maximum Gasteiger partial charge on any atom is 0.246 e. The number of halogens is 2. The largest absolute Gasteiger partial charge is 0.334 e. The summed E-state index contributed by atoms with van der Waals surface area (Å²) in [5.74, 6) is -0.200. The van der Waals surface area contributed by atoms with Crippen molar-refractivity contribution in [1.82, 2.24) is 9.80 Å². The summed E-state index contributed by atoms with van der Waals surface area (Å²) in [6.45, 7) is 6.41. The minimum atomic E-state index is -0.219. The molecular weight excluding hydrogens is 363 g/mol. The van der Waals surface area contributed by atoms with Crippen LogP contribution in [-0.4, -0.2) is 40.9 Å². The highest BCUT2D eigenvalue weighted by molar-refractivity contribution is 6.30. The van der Waals surface area contributed by atoms with Crippen LogP contribution in [0.3, 0.4) is 0 Å². The van der Waals surface area contributed by atoms with E-state index in [2.05, 4.69) is 18.7 Å². The Kier molecular flexibility index (Phi) is 6.30. The van der Waals surface area contributed by atoms with Crippen molar-refractivity contribution in [2.24, 2.45) is 0 Å². The minimum absolute atomic E-state index is 0.0192. The van der Waals surface area contributed by atoms with Crippen molar-refractivity contribution in [1.29, 1.82) is 0 Å². The number of amides is 1. The van der Waals surface area contributed by atoms with Crippen LogP contribution in [0.4, 0.5) is 4.39 Å². The maximum absolute atomic E-state index is 13.1. The lowest BCUT2D eigenvalue weighted by Crippen LogP contribution is -2.57. The van der Waals surface area contributed by atoms with E-state index < -0.39 is 0 Å². The molecule has 1 fully saturated rings. The number of hydrogen-bond acceptors (Lipinski definition) is 2. The van der Waals surface area contributed by atoms with Crippen molar-refractivity contribution in [2.45, 2.75) is 32.5 Å². The number of carbonyl (C=O) groups is 1. The normalized spacial score (nSPS) is 21.0. The van der Waals surface area contributed by atoms with Gasteiger partial charge in [-0.2, -0.15) is 0 Å². The van der Waals surface area contributed by atoms with E-state index in [9.17, 15) is 9.18 Å². The van der Waals surface area contributed by atoms with Crippen LogP contribution in [0.15, 0.2) is 54.6 Å². The molecule has 0 N–H and O–H groups in total. The Bertz CT molecular complexity index is 804. The summed E-state index contributed by atoms with van der Waals surface area (Å²) in [7, 11) is 0. The Hall–Kier alpha value is -2.17. The second-order valence-corrected chi connectivity index (χ2v) is 7.57. The van der Waals surface area contributed by atoms with Crippen LogP contribution in [-0.2, 0) is 11.3 Å². The number of rotatable bonds is 4. The Morgan fingerprint density at radius 3 is 2.41 bits per heavy atom. The molecule has 142 valence electrons. The lowest BCUT2D eigenvalue weighted by molar-refractivity contribution is -0.131. The van der Waals surface area contributed by atoms with E-state index in [4.69, 9.17) is 11.6 Å². The smallest absolute Gasteiger partial charge is 0.246 e. The standard InChI is InChI=1S/C22H24ClFN2O/c1-16-14-26(22(27)12-7-18-3-8-20(23)9-4-18)17(2)13-25(16)15-19-5-10-21(24)11-6-19/h3-12,16-17H,13-15H2,1-2H3/b12-7-/t16-,17+/m1/s1. The van der Waals surface area contributed by atoms with Crippen LogP contribution in [0.25, 0.3) is 6.08 Å². The third-order valence-electron chi connectivity index (χ3n) is 4.99. The van der Waals surface area contributed by atoms with Crippen LogP contribution < -0.4 is 0 Å². The molecule has 2 atom stereocenters. The Balaban J connectivity index is 1.61. The van der Waals surface area contributed by atoms with Crippen molar-refractivity contribution in [3.63, 3.8) is 0 Å². The number of hydrogen-bond donors (Lipinski definition) is 0. The van der Waals surface area contributed by atoms with Gasteiger partial charge in [-0.25, -0.2) is 4.39 Å². The molecule has 0 aromatic heterocycles. The van der Waals surface area contributed by atoms with Gasteiger partial charge in [-0.05, 0) is 55.3 Å². The summed E-state index contributed by atoms with van der Waals surface area (Å²) in [5, 5.41) is 0.679. The number of carbonyl (C=O) groups excluding carboxylic acids is 1. The van der Waals surface area contributed by atoms with Gasteiger partial charge in [0, 0.05) is 42.8 Å². The van der Waals surface area contributed by atoms with Crippen LogP contribution in [0, 0.1) is 5.82 Å². The van der Waals surface area contributed by atoms with E-state index in [1.54, 1.807) is 6.08 Å². The summed E-state index contributed by atoms with van der Waals surface area (Å²) >= 11 is 5.89. The molecule has 0 aliphatic carbocycles. The fourth-order valence-electron chi connectivity index (χ4n) is 3.39. The van der Waals surface area contributed by atoms with E-state index in [0.29, 0.717) is 11.6 Å². The first-order valence-corrected chi connectivity index (χ1v) is 9.53. The Labute approximate surface area is 165 Å². The van der Waals surface area contributed by atoms with Crippen molar-refractivity contribution >= 4 is 23.6 Å². The predicted molar refractivity (Wildman–Crippen MR) is 108 cm³/mol. The second kappa shape index (κ2) is 8.68. The number of piperazine rings is 1. The van der Waals surface area contributed by atoms with Crippen molar-refractivity contribution in [3.05, 3.63) is 76.6 Å². The van der Waals surface area contributed by atoms with Gasteiger partial charge in [-0.15, -0.1) is 0 Å². The molecule has 3 rings (SSSR count). The molecule has 1 heterocycles. The monoisotopic (exact) mass is 386 g/mol. The van der Waals surface area contributed by atoms with Gasteiger partial charge in [0.2, 0.25) is 5.91 Å². The summed E-state index contributed by atoms with van der Waals surface area (Å²) < 4.78 is 13.1. The number of nitrogens with zero attached hydrogens (tertiary/aromatic N) is 2. The van der Waals surface area contributed by atoms with Gasteiger partial charge in [0.1, 0.15) is 5.82 Å². The van der Waals surface area contributed by atoms with Gasteiger partial charge in [-0.1, -0.05) is 35.9 Å². The quantitative estimate of drug-likeness (QED) is 0.716. The first kappa shape index (κ1) is 19.6. The third kappa shape index (κ3) is 5.18. The molecule has 5 heteroatoms. The molecule has 27 heavy (non-hydrogen) atoms. The van der Waals surface area contributed by atoms with Crippen LogP contribution in [0.1, 0.15) is 25.0 Å². The Morgan fingerprint density at radius 1 is 1.07 bits per heavy atom. The van der Waals surface area contributed by atoms with Gasteiger partial charge >= 0.3 is 0 Å². The molecule has 2 aromatic carbocycles. The average Bonchev–Trinajstić information content (AvgIpc) is 2.65. The molecule has 1 saturated heterocycles. The molecule has 2 aromatic rings. The highest BCUT2D eigenvalue weighted by Crippen LogP contribution is 2.19. The maximum atomic E-state index is 13.1. The average molecular weight is 387 g/mol. The Morgan fingerprint density at radius 2 is 1.74 bits per heavy atom. The minimum Gasteiger partial charge on any atom is -0.334 e. The second-order valence-electron chi connectivity index (χ2n) is 7.13. The van der Waals surface area contributed by atoms with E-state index in [1.807, 2.05) is 47.4 Å². The van der Waals surface area contributed by atoms with Crippen LogP contribution in [0.5, 0.6) is 0 Å². The van der Waals surface area contributed by atoms with Gasteiger partial charge in [0.25, 0.3) is 0 Å². The summed E-state index contributed by atoms with van der Waals surface area (Å²) in [6.07, 6.45) is 3.45. The molecule has 3 nitrogen and oxygen atoms in total. The zero-order valence-corrected chi connectivity index (χ0v) is 16.4. The van der Waals surface area contributed by atoms with Crippen molar-refractivity contribution in [3.8, 4) is 0 Å². The zero-order valence-electron chi connectivity index (χ0n) is 15.6. The molecule has 0 radical (unpaired) electrons.